The molecule has 114 valence electrons. The summed E-state index contributed by atoms with van der Waals surface area (Å²) >= 11 is 3.53. The molecule has 1 atom stereocenters. The number of carbonyl (C=O) groups excluding carboxylic acids is 1. The Hall–Kier alpha value is -1.49. The molecule has 5 heteroatoms. The number of rotatable bonds is 4. The van der Waals surface area contributed by atoms with E-state index in [-0.39, 0.29) is 11.9 Å². The summed E-state index contributed by atoms with van der Waals surface area (Å²) in [6, 6.07) is 3.69. The second-order valence-corrected chi connectivity index (χ2v) is 5.86. The van der Waals surface area contributed by atoms with Crippen molar-refractivity contribution in [1.82, 2.24) is 5.32 Å². The van der Waals surface area contributed by atoms with Crippen LogP contribution in [0.3, 0.4) is 0 Å². The molecule has 0 radical (unpaired) electrons. The molecule has 4 nitrogen and oxygen atoms in total. The van der Waals surface area contributed by atoms with Crippen molar-refractivity contribution in [2.75, 3.05) is 13.2 Å². The molecule has 2 rings (SSSR count). The van der Waals surface area contributed by atoms with E-state index in [0.717, 1.165) is 33.5 Å². The van der Waals surface area contributed by atoms with Crippen LogP contribution < -0.4 is 14.8 Å². The zero-order valence-corrected chi connectivity index (χ0v) is 14.1. The van der Waals surface area contributed by atoms with Crippen molar-refractivity contribution in [3.05, 3.63) is 33.8 Å². The maximum absolute atomic E-state index is 12.1. The monoisotopic (exact) mass is 353 g/mol. The van der Waals surface area contributed by atoms with E-state index in [1.165, 1.54) is 0 Å². The van der Waals surface area contributed by atoms with Crippen LogP contribution in [0.2, 0.25) is 0 Å². The van der Waals surface area contributed by atoms with Gasteiger partial charge in [0.05, 0.1) is 6.04 Å². The minimum absolute atomic E-state index is 0.0499. The van der Waals surface area contributed by atoms with Gasteiger partial charge in [0.15, 0.2) is 11.5 Å². The molecule has 1 aromatic rings. The molecule has 0 fully saturated rings. The zero-order chi connectivity index (χ0) is 15.4. The van der Waals surface area contributed by atoms with Crippen LogP contribution in [0.5, 0.6) is 11.5 Å². The largest absolute Gasteiger partial charge is 0.486 e. The number of halogens is 1. The number of fused-ring (bicyclic) bond motifs is 1. The minimum atomic E-state index is -0.122. The number of hydrogen-bond donors (Lipinski definition) is 1. The van der Waals surface area contributed by atoms with Crippen molar-refractivity contribution in [2.24, 2.45) is 0 Å². The maximum Gasteiger partial charge on any atom is 0.247 e. The predicted molar refractivity (Wildman–Crippen MR) is 85.7 cm³/mol. The Kier molecular flexibility index (Phi) is 5.28. The average molecular weight is 354 g/mol. The lowest BCUT2D eigenvalue weighted by atomic mass is 10.1. The third-order valence-corrected chi connectivity index (χ3v) is 4.03. The summed E-state index contributed by atoms with van der Waals surface area (Å²) in [7, 11) is 0. The quantitative estimate of drug-likeness (QED) is 0.838. The van der Waals surface area contributed by atoms with Crippen LogP contribution in [0, 0.1) is 0 Å². The number of benzene rings is 1. The normalized spacial score (nSPS) is 15.5. The zero-order valence-electron chi connectivity index (χ0n) is 12.5. The summed E-state index contributed by atoms with van der Waals surface area (Å²) in [5.74, 6) is 1.41. The van der Waals surface area contributed by atoms with Gasteiger partial charge in [-0.15, -0.1) is 0 Å². The summed E-state index contributed by atoms with van der Waals surface area (Å²) < 4.78 is 12.0. The molecule has 1 heterocycles. The van der Waals surface area contributed by atoms with E-state index in [1.54, 1.807) is 0 Å². The topological polar surface area (TPSA) is 47.6 Å². The van der Waals surface area contributed by atoms with Gasteiger partial charge in [-0.2, -0.15) is 0 Å². The van der Waals surface area contributed by atoms with Crippen molar-refractivity contribution >= 4 is 21.8 Å². The minimum Gasteiger partial charge on any atom is -0.486 e. The molecule has 1 aliphatic heterocycles. The Bertz CT molecular complexity index is 569. The Morgan fingerprint density at radius 3 is 2.62 bits per heavy atom. The SMILES string of the molecule is CC/C=C(/C)C(=O)NC(C)c1cc2c(cc1Br)OCCO2. The average Bonchev–Trinajstić information content (AvgIpc) is 2.46. The number of hydrogen-bond acceptors (Lipinski definition) is 3. The van der Waals surface area contributed by atoms with Crippen LogP contribution in [0.15, 0.2) is 28.3 Å². The van der Waals surface area contributed by atoms with Crippen molar-refractivity contribution < 1.29 is 14.3 Å². The maximum atomic E-state index is 12.1. The van der Waals surface area contributed by atoms with E-state index >= 15 is 0 Å². The third-order valence-electron chi connectivity index (χ3n) is 3.34. The van der Waals surface area contributed by atoms with Crippen molar-refractivity contribution in [3.63, 3.8) is 0 Å². The summed E-state index contributed by atoms with van der Waals surface area (Å²) in [6.45, 7) is 6.90. The first kappa shape index (κ1) is 15.9. The first-order valence-electron chi connectivity index (χ1n) is 7.09. The summed E-state index contributed by atoms with van der Waals surface area (Å²) in [4.78, 5) is 12.1. The molecule has 0 saturated heterocycles. The molecule has 0 bridgehead atoms. The van der Waals surface area contributed by atoms with Crippen LogP contribution >= 0.6 is 15.9 Å². The van der Waals surface area contributed by atoms with Gasteiger partial charge in [-0.25, -0.2) is 0 Å². The van der Waals surface area contributed by atoms with E-state index in [1.807, 2.05) is 39.0 Å². The van der Waals surface area contributed by atoms with Gasteiger partial charge < -0.3 is 14.8 Å². The first-order chi connectivity index (χ1) is 10.0. The summed E-state index contributed by atoms with van der Waals surface area (Å²) in [5, 5.41) is 2.99. The van der Waals surface area contributed by atoms with E-state index in [0.29, 0.717) is 13.2 Å². The highest BCUT2D eigenvalue weighted by atomic mass is 79.9. The van der Waals surface area contributed by atoms with Gasteiger partial charge in [-0.3, -0.25) is 4.79 Å². The predicted octanol–water partition coefficient (Wildman–Crippen LogP) is 3.75. The Labute approximate surface area is 133 Å². The van der Waals surface area contributed by atoms with Gasteiger partial charge in [0.1, 0.15) is 13.2 Å². The first-order valence-corrected chi connectivity index (χ1v) is 7.89. The van der Waals surface area contributed by atoms with E-state index in [2.05, 4.69) is 21.2 Å². The number of carbonyl (C=O) groups is 1. The van der Waals surface area contributed by atoms with Crippen LogP contribution in [0.1, 0.15) is 38.8 Å². The van der Waals surface area contributed by atoms with Gasteiger partial charge in [0.25, 0.3) is 0 Å². The van der Waals surface area contributed by atoms with Crippen molar-refractivity contribution in [3.8, 4) is 11.5 Å². The van der Waals surface area contributed by atoms with Gasteiger partial charge >= 0.3 is 0 Å². The van der Waals surface area contributed by atoms with Crippen molar-refractivity contribution in [1.29, 1.82) is 0 Å². The third kappa shape index (κ3) is 3.79. The molecule has 1 aromatic carbocycles. The molecule has 1 aliphatic rings. The molecule has 1 N–H and O–H groups in total. The smallest absolute Gasteiger partial charge is 0.247 e. The summed E-state index contributed by atoms with van der Waals surface area (Å²) in [6.07, 6.45) is 2.77. The van der Waals surface area contributed by atoms with Crippen LogP contribution in [0.4, 0.5) is 0 Å². The van der Waals surface area contributed by atoms with E-state index in [9.17, 15) is 4.79 Å². The lowest BCUT2D eigenvalue weighted by Gasteiger charge is -2.22. The Morgan fingerprint density at radius 2 is 2.00 bits per heavy atom. The van der Waals surface area contributed by atoms with E-state index in [4.69, 9.17) is 9.47 Å². The van der Waals surface area contributed by atoms with Gasteiger partial charge in [0.2, 0.25) is 5.91 Å². The molecule has 0 spiro atoms. The number of ether oxygens (including phenoxy) is 2. The van der Waals surface area contributed by atoms with Gasteiger partial charge in [-0.05, 0) is 38.0 Å². The Morgan fingerprint density at radius 1 is 1.38 bits per heavy atom. The van der Waals surface area contributed by atoms with Crippen LogP contribution in [0.25, 0.3) is 0 Å². The van der Waals surface area contributed by atoms with Crippen LogP contribution in [-0.4, -0.2) is 19.1 Å². The molecule has 1 amide bonds. The highest BCUT2D eigenvalue weighted by Crippen LogP contribution is 2.37. The fourth-order valence-corrected chi connectivity index (χ4v) is 2.86. The van der Waals surface area contributed by atoms with Gasteiger partial charge in [0, 0.05) is 10.0 Å². The molecule has 0 aromatic heterocycles. The fraction of sp³-hybridized carbons (Fsp3) is 0.438. The number of nitrogens with one attached hydrogen (secondary N) is 1. The van der Waals surface area contributed by atoms with Gasteiger partial charge in [-0.1, -0.05) is 28.9 Å². The van der Waals surface area contributed by atoms with E-state index < -0.39 is 0 Å². The molecule has 0 saturated carbocycles. The number of allylic oxidation sites excluding steroid dienone is 1. The highest BCUT2D eigenvalue weighted by molar-refractivity contribution is 9.10. The van der Waals surface area contributed by atoms with Crippen molar-refractivity contribution in [2.45, 2.75) is 33.2 Å². The highest BCUT2D eigenvalue weighted by Gasteiger charge is 2.19. The molecular weight excluding hydrogens is 334 g/mol. The summed E-state index contributed by atoms with van der Waals surface area (Å²) in [5.41, 5.74) is 1.70. The Balaban J connectivity index is 2.17. The molecule has 0 aliphatic carbocycles. The molecule has 1 unspecified atom stereocenters. The molecular formula is C16H20BrNO3. The van der Waals surface area contributed by atoms with Crippen LogP contribution in [-0.2, 0) is 4.79 Å². The second-order valence-electron chi connectivity index (χ2n) is 5.01. The lowest BCUT2D eigenvalue weighted by molar-refractivity contribution is -0.118. The molecule has 21 heavy (non-hydrogen) atoms. The lowest BCUT2D eigenvalue weighted by Crippen LogP contribution is -2.27. The standard InChI is InChI=1S/C16H20BrNO3/c1-4-5-10(2)16(19)18-11(3)12-8-14-15(9-13(12)17)21-7-6-20-14/h5,8-9,11H,4,6-7H2,1-3H3,(H,18,19)/b10-5-. The fourth-order valence-electron chi connectivity index (χ4n) is 2.20. The second kappa shape index (κ2) is 6.98. The number of amides is 1.